The summed E-state index contributed by atoms with van der Waals surface area (Å²) in [7, 11) is 0. The van der Waals surface area contributed by atoms with Crippen molar-refractivity contribution in [2.24, 2.45) is 5.73 Å². The van der Waals surface area contributed by atoms with E-state index in [2.05, 4.69) is 57.9 Å². The fraction of sp³-hybridized carbons (Fsp3) is 0.739. The van der Waals surface area contributed by atoms with Gasteiger partial charge in [-0.2, -0.15) is 10.2 Å². The standard InChI is InChI=1S/C23H41N5O2/c1-15(28-19(20(24)29)17(12-25-28)21(3,4)5)10-11-22(6,7)18-13-27(26-16(18)2)14-23(8,9)30/h12-13,15,20,29-30H,10-11,14,24H2,1-9H3. The first kappa shape index (κ1) is 24.6. The molecule has 2 heterocycles. The second kappa shape index (κ2) is 8.44. The monoisotopic (exact) mass is 419 g/mol. The van der Waals surface area contributed by atoms with Gasteiger partial charge in [0, 0.05) is 17.8 Å². The van der Waals surface area contributed by atoms with Gasteiger partial charge in [0.1, 0.15) is 6.23 Å². The predicted octanol–water partition coefficient (Wildman–Crippen LogP) is 3.73. The maximum Gasteiger partial charge on any atom is 0.145 e. The van der Waals surface area contributed by atoms with Crippen LogP contribution in [0.25, 0.3) is 0 Å². The molecule has 7 nitrogen and oxygen atoms in total. The maximum atomic E-state index is 10.2. The Balaban J connectivity index is 2.20. The molecule has 0 amide bonds. The molecule has 2 aromatic rings. The molecule has 0 aliphatic carbocycles. The molecule has 0 aliphatic rings. The van der Waals surface area contributed by atoms with Crippen LogP contribution >= 0.6 is 0 Å². The van der Waals surface area contributed by atoms with Crippen molar-refractivity contribution in [3.8, 4) is 0 Å². The van der Waals surface area contributed by atoms with Crippen LogP contribution in [-0.2, 0) is 17.4 Å². The number of nitrogens with zero attached hydrogens (tertiary/aromatic N) is 4. The summed E-state index contributed by atoms with van der Waals surface area (Å²) >= 11 is 0. The SMILES string of the molecule is Cc1nn(CC(C)(C)O)cc1C(C)(C)CCC(C)n1ncc(C(C)(C)C)c1C(N)O. The Morgan fingerprint density at radius 1 is 1.10 bits per heavy atom. The number of nitrogens with two attached hydrogens (primary N) is 1. The summed E-state index contributed by atoms with van der Waals surface area (Å²) in [6.07, 6.45) is 4.64. The molecule has 0 fully saturated rings. The Morgan fingerprint density at radius 2 is 1.70 bits per heavy atom. The Kier molecular flexibility index (Phi) is 6.91. The number of aliphatic hydroxyl groups is 2. The largest absolute Gasteiger partial charge is 0.389 e. The highest BCUT2D eigenvalue weighted by atomic mass is 16.3. The summed E-state index contributed by atoms with van der Waals surface area (Å²) in [5.41, 5.74) is 8.73. The lowest BCUT2D eigenvalue weighted by Gasteiger charge is -2.28. The van der Waals surface area contributed by atoms with E-state index in [0.717, 1.165) is 24.1 Å². The number of aromatic nitrogens is 4. The van der Waals surface area contributed by atoms with Gasteiger partial charge in [-0.1, -0.05) is 34.6 Å². The first-order valence-electron chi connectivity index (χ1n) is 10.8. The number of hydrogen-bond acceptors (Lipinski definition) is 5. The van der Waals surface area contributed by atoms with Crippen LogP contribution < -0.4 is 5.73 Å². The number of rotatable bonds is 8. The van der Waals surface area contributed by atoms with Crippen molar-refractivity contribution in [2.45, 2.75) is 110 Å². The summed E-state index contributed by atoms with van der Waals surface area (Å²) in [5.74, 6) is 0. The Hall–Kier alpha value is -1.70. The first-order valence-corrected chi connectivity index (χ1v) is 10.8. The van der Waals surface area contributed by atoms with E-state index >= 15 is 0 Å². The van der Waals surface area contributed by atoms with Crippen LogP contribution in [0.1, 0.15) is 103 Å². The van der Waals surface area contributed by atoms with Crippen molar-refractivity contribution in [1.82, 2.24) is 19.6 Å². The highest BCUT2D eigenvalue weighted by Crippen LogP contribution is 2.35. The van der Waals surface area contributed by atoms with E-state index < -0.39 is 11.8 Å². The number of aliphatic hydroxyl groups excluding tert-OH is 1. The van der Waals surface area contributed by atoms with Gasteiger partial charge in [-0.05, 0) is 56.9 Å². The fourth-order valence-corrected chi connectivity index (χ4v) is 4.08. The summed E-state index contributed by atoms with van der Waals surface area (Å²) in [4.78, 5) is 0. The molecule has 2 unspecified atom stereocenters. The number of hydrogen-bond donors (Lipinski definition) is 3. The molecule has 0 aliphatic heterocycles. The smallest absolute Gasteiger partial charge is 0.145 e. The van der Waals surface area contributed by atoms with Crippen molar-refractivity contribution in [3.63, 3.8) is 0 Å². The van der Waals surface area contributed by atoms with E-state index in [1.165, 1.54) is 5.56 Å². The average molecular weight is 420 g/mol. The molecule has 0 radical (unpaired) electrons. The fourth-order valence-electron chi connectivity index (χ4n) is 4.08. The molecule has 2 rings (SSSR count). The lowest BCUT2D eigenvalue weighted by atomic mass is 9.80. The maximum absolute atomic E-state index is 10.2. The second-order valence-electron chi connectivity index (χ2n) is 11.0. The molecule has 0 saturated heterocycles. The van der Waals surface area contributed by atoms with Gasteiger partial charge in [0.05, 0.1) is 29.7 Å². The van der Waals surface area contributed by atoms with Crippen LogP contribution in [0.5, 0.6) is 0 Å². The van der Waals surface area contributed by atoms with Crippen LogP contribution in [0.2, 0.25) is 0 Å². The highest BCUT2D eigenvalue weighted by Gasteiger charge is 2.30. The van der Waals surface area contributed by atoms with Crippen LogP contribution in [0.15, 0.2) is 12.4 Å². The lowest BCUT2D eigenvalue weighted by Crippen LogP contribution is -2.26. The van der Waals surface area contributed by atoms with Gasteiger partial charge < -0.3 is 15.9 Å². The minimum absolute atomic E-state index is 0.0856. The van der Waals surface area contributed by atoms with E-state index in [4.69, 9.17) is 5.73 Å². The molecule has 0 saturated carbocycles. The summed E-state index contributed by atoms with van der Waals surface area (Å²) in [6, 6.07) is 0.0975. The Labute approximate surface area is 181 Å². The molecule has 0 spiro atoms. The molecule has 4 N–H and O–H groups in total. The van der Waals surface area contributed by atoms with Crippen molar-refractivity contribution in [3.05, 3.63) is 34.9 Å². The number of aryl methyl sites for hydroxylation is 1. The predicted molar refractivity (Wildman–Crippen MR) is 120 cm³/mol. The zero-order chi connectivity index (χ0) is 23.1. The van der Waals surface area contributed by atoms with Crippen molar-refractivity contribution >= 4 is 0 Å². The second-order valence-corrected chi connectivity index (χ2v) is 11.0. The van der Waals surface area contributed by atoms with Crippen LogP contribution in [0, 0.1) is 6.92 Å². The van der Waals surface area contributed by atoms with Crippen LogP contribution in [-0.4, -0.2) is 35.4 Å². The Bertz CT molecular complexity index is 850. The lowest BCUT2D eigenvalue weighted by molar-refractivity contribution is 0.0576. The van der Waals surface area contributed by atoms with Gasteiger partial charge in [0.25, 0.3) is 0 Å². The van der Waals surface area contributed by atoms with E-state index in [0.29, 0.717) is 12.2 Å². The van der Waals surface area contributed by atoms with Crippen molar-refractivity contribution in [1.29, 1.82) is 0 Å². The van der Waals surface area contributed by atoms with Gasteiger partial charge in [0.2, 0.25) is 0 Å². The first-order chi connectivity index (χ1) is 13.5. The minimum Gasteiger partial charge on any atom is -0.389 e. The molecule has 0 aromatic carbocycles. The van der Waals surface area contributed by atoms with E-state index in [1.54, 1.807) is 13.8 Å². The summed E-state index contributed by atoms with van der Waals surface area (Å²) in [5, 5.41) is 29.5. The highest BCUT2D eigenvalue weighted by molar-refractivity contribution is 5.28. The average Bonchev–Trinajstić information content (AvgIpc) is 3.15. The molecule has 7 heteroatoms. The van der Waals surface area contributed by atoms with Gasteiger partial charge >= 0.3 is 0 Å². The minimum atomic E-state index is -1.06. The normalized spacial score (nSPS) is 15.5. The third kappa shape index (κ3) is 5.71. The zero-order valence-corrected chi connectivity index (χ0v) is 20.2. The van der Waals surface area contributed by atoms with Crippen molar-refractivity contribution < 1.29 is 10.2 Å². The van der Waals surface area contributed by atoms with E-state index in [-0.39, 0.29) is 16.9 Å². The van der Waals surface area contributed by atoms with Crippen LogP contribution in [0.4, 0.5) is 0 Å². The molecule has 0 bridgehead atoms. The summed E-state index contributed by atoms with van der Waals surface area (Å²) < 4.78 is 3.72. The quantitative estimate of drug-likeness (QED) is 0.566. The molecule has 2 atom stereocenters. The topological polar surface area (TPSA) is 102 Å². The molecular formula is C23H41N5O2. The third-order valence-electron chi connectivity index (χ3n) is 5.75. The van der Waals surface area contributed by atoms with Gasteiger partial charge in [-0.25, -0.2) is 0 Å². The molecule has 170 valence electrons. The van der Waals surface area contributed by atoms with E-state index in [9.17, 15) is 10.2 Å². The van der Waals surface area contributed by atoms with Gasteiger partial charge in [-0.15, -0.1) is 0 Å². The molecule has 2 aromatic heterocycles. The van der Waals surface area contributed by atoms with Crippen LogP contribution in [0.3, 0.4) is 0 Å². The third-order valence-corrected chi connectivity index (χ3v) is 5.75. The zero-order valence-electron chi connectivity index (χ0n) is 20.2. The van der Waals surface area contributed by atoms with E-state index in [1.807, 2.05) is 22.5 Å². The van der Waals surface area contributed by atoms with Gasteiger partial charge in [-0.3, -0.25) is 9.36 Å². The van der Waals surface area contributed by atoms with Crippen molar-refractivity contribution in [2.75, 3.05) is 0 Å². The summed E-state index contributed by atoms with van der Waals surface area (Å²) in [6.45, 7) is 18.9. The Morgan fingerprint density at radius 3 is 2.20 bits per heavy atom. The molecule has 30 heavy (non-hydrogen) atoms. The van der Waals surface area contributed by atoms with Gasteiger partial charge in [0.15, 0.2) is 0 Å². The molecular weight excluding hydrogens is 378 g/mol.